The Balaban J connectivity index is 2.20. The van der Waals surface area contributed by atoms with Gasteiger partial charge in [-0.25, -0.2) is 0 Å². The lowest BCUT2D eigenvalue weighted by molar-refractivity contribution is 0.124. The summed E-state index contributed by atoms with van der Waals surface area (Å²) in [6.07, 6.45) is 3.01. The van der Waals surface area contributed by atoms with Crippen molar-refractivity contribution in [3.8, 4) is 0 Å². The van der Waals surface area contributed by atoms with Crippen molar-refractivity contribution in [3.63, 3.8) is 0 Å². The highest BCUT2D eigenvalue weighted by Gasteiger charge is 2.22. The third-order valence-corrected chi connectivity index (χ3v) is 2.64. The Hall–Kier alpha value is 0.440. The highest BCUT2D eigenvalue weighted by Crippen LogP contribution is 2.22. The maximum atomic E-state index is 5.46. The monoisotopic (exact) mass is 192 g/mol. The van der Waals surface area contributed by atoms with Gasteiger partial charge in [-0.1, -0.05) is 29.3 Å². The standard InChI is InChI=1S/C7H13BrO/c1-2-6-3-7(4-8)9-5-6/h6-7H,2-5H2,1H3/t6-,7+/m1/s1. The van der Waals surface area contributed by atoms with E-state index in [1.807, 2.05) is 0 Å². The van der Waals surface area contributed by atoms with Gasteiger partial charge in [0.15, 0.2) is 0 Å². The molecule has 0 saturated carbocycles. The minimum atomic E-state index is 0.495. The van der Waals surface area contributed by atoms with Crippen molar-refractivity contribution in [1.82, 2.24) is 0 Å². The van der Waals surface area contributed by atoms with Gasteiger partial charge in [0.1, 0.15) is 0 Å². The summed E-state index contributed by atoms with van der Waals surface area (Å²) in [4.78, 5) is 0. The molecule has 0 aromatic carbocycles. The fourth-order valence-electron chi connectivity index (χ4n) is 1.17. The maximum absolute atomic E-state index is 5.46. The van der Waals surface area contributed by atoms with Gasteiger partial charge in [-0.3, -0.25) is 0 Å². The molecule has 1 nitrogen and oxygen atoms in total. The minimum Gasteiger partial charge on any atom is -0.377 e. The molecule has 54 valence electrons. The number of rotatable bonds is 2. The van der Waals surface area contributed by atoms with Crippen LogP contribution in [-0.4, -0.2) is 18.0 Å². The quantitative estimate of drug-likeness (QED) is 0.611. The van der Waals surface area contributed by atoms with Crippen LogP contribution in [0.2, 0.25) is 0 Å². The van der Waals surface area contributed by atoms with E-state index in [9.17, 15) is 0 Å². The first-order chi connectivity index (χ1) is 4.36. The molecule has 0 aliphatic carbocycles. The van der Waals surface area contributed by atoms with E-state index in [4.69, 9.17) is 4.74 Å². The zero-order chi connectivity index (χ0) is 6.69. The van der Waals surface area contributed by atoms with Gasteiger partial charge in [0.05, 0.1) is 6.10 Å². The minimum absolute atomic E-state index is 0.495. The normalized spacial score (nSPS) is 35.3. The molecule has 0 bridgehead atoms. The predicted octanol–water partition coefficient (Wildman–Crippen LogP) is 2.20. The van der Waals surface area contributed by atoms with Crippen LogP contribution in [0, 0.1) is 5.92 Å². The highest BCUT2D eigenvalue weighted by atomic mass is 79.9. The Morgan fingerprint density at radius 2 is 2.44 bits per heavy atom. The van der Waals surface area contributed by atoms with Crippen LogP contribution in [0.1, 0.15) is 19.8 Å². The molecule has 1 aliphatic heterocycles. The lowest BCUT2D eigenvalue weighted by Gasteiger charge is -2.01. The number of alkyl halides is 1. The fraction of sp³-hybridized carbons (Fsp3) is 1.00. The SMILES string of the molecule is CC[C@H]1CO[C@H](CBr)C1. The molecule has 0 N–H and O–H groups in total. The smallest absolute Gasteiger partial charge is 0.0675 e. The first-order valence-electron chi connectivity index (χ1n) is 3.54. The first-order valence-corrected chi connectivity index (χ1v) is 4.66. The molecule has 2 atom stereocenters. The van der Waals surface area contributed by atoms with E-state index in [0.717, 1.165) is 17.9 Å². The van der Waals surface area contributed by atoms with Crippen LogP contribution in [0.15, 0.2) is 0 Å². The summed E-state index contributed by atoms with van der Waals surface area (Å²) >= 11 is 3.41. The third-order valence-electron chi connectivity index (χ3n) is 1.91. The Kier molecular flexibility index (Phi) is 2.99. The fourth-order valence-corrected chi connectivity index (χ4v) is 1.62. The van der Waals surface area contributed by atoms with Gasteiger partial charge in [0.2, 0.25) is 0 Å². The average Bonchev–Trinajstić information content (AvgIpc) is 2.34. The molecule has 0 aromatic rings. The van der Waals surface area contributed by atoms with Crippen molar-refractivity contribution in [2.45, 2.75) is 25.9 Å². The first kappa shape index (κ1) is 7.55. The lowest BCUT2D eigenvalue weighted by atomic mass is 10.0. The number of hydrogen-bond acceptors (Lipinski definition) is 1. The van der Waals surface area contributed by atoms with Gasteiger partial charge in [-0.2, -0.15) is 0 Å². The summed E-state index contributed by atoms with van der Waals surface area (Å²) in [5.41, 5.74) is 0. The second-order valence-corrected chi connectivity index (χ2v) is 3.27. The zero-order valence-electron chi connectivity index (χ0n) is 5.77. The Bertz CT molecular complexity index is 75.0. The highest BCUT2D eigenvalue weighted by molar-refractivity contribution is 9.09. The molecule has 0 unspecified atom stereocenters. The van der Waals surface area contributed by atoms with Crippen LogP contribution in [0.25, 0.3) is 0 Å². The van der Waals surface area contributed by atoms with Gasteiger partial charge in [0.25, 0.3) is 0 Å². The van der Waals surface area contributed by atoms with Crippen molar-refractivity contribution >= 4 is 15.9 Å². The predicted molar refractivity (Wildman–Crippen MR) is 41.9 cm³/mol. The van der Waals surface area contributed by atoms with Gasteiger partial charge >= 0.3 is 0 Å². The molecule has 9 heavy (non-hydrogen) atoms. The summed E-state index contributed by atoms with van der Waals surface area (Å²) in [5.74, 6) is 0.826. The summed E-state index contributed by atoms with van der Waals surface area (Å²) in [6.45, 7) is 3.21. The third kappa shape index (κ3) is 1.94. The molecule has 0 radical (unpaired) electrons. The molecule has 2 heteroatoms. The number of halogens is 1. The molecule has 1 heterocycles. The molecule has 0 aromatic heterocycles. The van der Waals surface area contributed by atoms with Crippen LogP contribution in [-0.2, 0) is 4.74 Å². The Morgan fingerprint density at radius 1 is 1.67 bits per heavy atom. The van der Waals surface area contributed by atoms with Crippen molar-refractivity contribution < 1.29 is 4.74 Å². The van der Waals surface area contributed by atoms with Crippen LogP contribution >= 0.6 is 15.9 Å². The topological polar surface area (TPSA) is 9.23 Å². The van der Waals surface area contributed by atoms with E-state index in [1.165, 1.54) is 12.8 Å². The summed E-state index contributed by atoms with van der Waals surface area (Å²) in [6, 6.07) is 0. The molecule has 1 fully saturated rings. The number of ether oxygens (including phenoxy) is 1. The Labute approximate surface area is 64.9 Å². The Morgan fingerprint density at radius 3 is 2.78 bits per heavy atom. The van der Waals surface area contributed by atoms with E-state index in [2.05, 4.69) is 22.9 Å². The van der Waals surface area contributed by atoms with Crippen molar-refractivity contribution in [3.05, 3.63) is 0 Å². The van der Waals surface area contributed by atoms with Crippen LogP contribution in [0.4, 0.5) is 0 Å². The molecule has 1 rings (SSSR count). The zero-order valence-corrected chi connectivity index (χ0v) is 7.36. The summed E-state index contributed by atoms with van der Waals surface area (Å²) in [7, 11) is 0. The van der Waals surface area contributed by atoms with Gasteiger partial charge in [-0.15, -0.1) is 0 Å². The molecule has 0 amide bonds. The van der Waals surface area contributed by atoms with Crippen LogP contribution < -0.4 is 0 Å². The van der Waals surface area contributed by atoms with Crippen molar-refractivity contribution in [2.75, 3.05) is 11.9 Å². The van der Waals surface area contributed by atoms with Crippen LogP contribution in [0.3, 0.4) is 0 Å². The van der Waals surface area contributed by atoms with Crippen molar-refractivity contribution in [1.29, 1.82) is 0 Å². The van der Waals surface area contributed by atoms with Crippen molar-refractivity contribution in [2.24, 2.45) is 5.92 Å². The lowest BCUT2D eigenvalue weighted by Crippen LogP contribution is -2.05. The average molecular weight is 193 g/mol. The van der Waals surface area contributed by atoms with Gasteiger partial charge in [-0.05, 0) is 12.3 Å². The van der Waals surface area contributed by atoms with E-state index in [0.29, 0.717) is 6.10 Å². The molecule has 0 spiro atoms. The maximum Gasteiger partial charge on any atom is 0.0675 e. The van der Waals surface area contributed by atoms with Crippen LogP contribution in [0.5, 0.6) is 0 Å². The van der Waals surface area contributed by atoms with Gasteiger partial charge < -0.3 is 4.74 Å². The van der Waals surface area contributed by atoms with Gasteiger partial charge in [0, 0.05) is 11.9 Å². The van der Waals surface area contributed by atoms with E-state index >= 15 is 0 Å². The second-order valence-electron chi connectivity index (χ2n) is 2.62. The summed E-state index contributed by atoms with van der Waals surface area (Å²) in [5, 5.41) is 1.00. The molecule has 1 aliphatic rings. The molecule has 1 saturated heterocycles. The van der Waals surface area contributed by atoms with E-state index in [-0.39, 0.29) is 0 Å². The second kappa shape index (κ2) is 3.57. The number of hydrogen-bond donors (Lipinski definition) is 0. The van der Waals surface area contributed by atoms with E-state index in [1.54, 1.807) is 0 Å². The largest absolute Gasteiger partial charge is 0.377 e. The van der Waals surface area contributed by atoms with E-state index < -0.39 is 0 Å². The molecular formula is C7H13BrO. The summed E-state index contributed by atoms with van der Waals surface area (Å²) < 4.78 is 5.46. The molecular weight excluding hydrogens is 180 g/mol.